The molecule has 0 spiro atoms. The fourth-order valence-electron chi connectivity index (χ4n) is 2.68. The number of hydrogen-bond donors (Lipinski definition) is 0. The van der Waals surface area contributed by atoms with Gasteiger partial charge >= 0.3 is 5.97 Å². The van der Waals surface area contributed by atoms with Crippen molar-refractivity contribution in [1.29, 1.82) is 0 Å². The number of alkyl halides is 1. The van der Waals surface area contributed by atoms with Gasteiger partial charge in [0.2, 0.25) is 5.79 Å². The van der Waals surface area contributed by atoms with Crippen LogP contribution in [0.25, 0.3) is 0 Å². The lowest BCUT2D eigenvalue weighted by Crippen LogP contribution is -2.31. The topological polar surface area (TPSA) is 44.8 Å². The molecule has 25 heavy (non-hydrogen) atoms. The maximum Gasteiger partial charge on any atom is 0.305 e. The van der Waals surface area contributed by atoms with Crippen LogP contribution in [0.4, 0.5) is 0 Å². The average Bonchev–Trinajstić information content (AvgIpc) is 3.01. The van der Waals surface area contributed by atoms with Crippen molar-refractivity contribution in [3.8, 4) is 0 Å². The predicted molar refractivity (Wildman–Crippen MR) is 102 cm³/mol. The quantitative estimate of drug-likeness (QED) is 0.282. The maximum absolute atomic E-state index is 11.8. The summed E-state index contributed by atoms with van der Waals surface area (Å²) in [6.07, 6.45) is 4.31. The third-order valence-corrected chi connectivity index (χ3v) is 5.33. The molecule has 0 radical (unpaired) electrons. The molecule has 0 N–H and O–H groups in total. The van der Waals surface area contributed by atoms with Crippen LogP contribution in [-0.2, 0) is 24.8 Å². The Labute approximate surface area is 167 Å². The van der Waals surface area contributed by atoms with E-state index in [-0.39, 0.29) is 18.7 Å². The summed E-state index contributed by atoms with van der Waals surface area (Å²) in [5.41, 5.74) is 0.698. The Morgan fingerprint density at radius 1 is 1.36 bits per heavy atom. The highest BCUT2D eigenvalue weighted by Crippen LogP contribution is 2.40. The van der Waals surface area contributed by atoms with Crippen LogP contribution in [0.3, 0.4) is 0 Å². The number of rotatable bonds is 9. The van der Waals surface area contributed by atoms with Crippen molar-refractivity contribution in [2.45, 2.75) is 50.9 Å². The molecule has 1 fully saturated rings. The van der Waals surface area contributed by atoms with Gasteiger partial charge in [0.05, 0.1) is 17.0 Å². The zero-order valence-corrected chi connectivity index (χ0v) is 17.3. The van der Waals surface area contributed by atoms with Gasteiger partial charge in [-0.1, -0.05) is 71.4 Å². The Hall–Kier alpha value is -0.330. The predicted octanol–water partition coefficient (Wildman–Crippen LogP) is 5.47. The molecule has 0 unspecified atom stereocenters. The Bertz CT molecular complexity index is 584. The van der Waals surface area contributed by atoms with E-state index in [0.29, 0.717) is 34.0 Å². The molecule has 1 aromatic carbocycles. The van der Waals surface area contributed by atoms with Gasteiger partial charge in [-0.25, -0.2) is 0 Å². The van der Waals surface area contributed by atoms with Gasteiger partial charge in [-0.15, -0.1) is 0 Å². The van der Waals surface area contributed by atoms with Crippen molar-refractivity contribution in [2.75, 3.05) is 18.5 Å². The van der Waals surface area contributed by atoms with Crippen LogP contribution in [0.2, 0.25) is 10.0 Å². The van der Waals surface area contributed by atoms with Crippen molar-refractivity contribution in [1.82, 2.24) is 0 Å². The first kappa shape index (κ1) is 21.0. The van der Waals surface area contributed by atoms with E-state index in [2.05, 4.69) is 22.9 Å². The minimum Gasteiger partial charge on any atom is -0.463 e. The van der Waals surface area contributed by atoms with E-state index in [0.717, 1.165) is 25.7 Å². The monoisotopic (exact) mass is 452 g/mol. The van der Waals surface area contributed by atoms with Crippen molar-refractivity contribution < 1.29 is 19.0 Å². The van der Waals surface area contributed by atoms with E-state index < -0.39 is 5.79 Å². The molecular weight excluding hydrogens is 431 g/mol. The second kappa shape index (κ2) is 10.1. The molecule has 2 rings (SSSR count). The van der Waals surface area contributed by atoms with Gasteiger partial charge in [0.25, 0.3) is 0 Å². The van der Waals surface area contributed by atoms with E-state index in [1.54, 1.807) is 18.2 Å². The lowest BCUT2D eigenvalue weighted by Gasteiger charge is -2.27. The molecule has 0 aliphatic carbocycles. The van der Waals surface area contributed by atoms with E-state index in [1.165, 1.54) is 0 Å². The first-order valence-electron chi connectivity index (χ1n) is 8.49. The van der Waals surface area contributed by atoms with Gasteiger partial charge < -0.3 is 14.2 Å². The van der Waals surface area contributed by atoms with E-state index in [9.17, 15) is 4.79 Å². The summed E-state index contributed by atoms with van der Waals surface area (Å²) in [4.78, 5) is 11.8. The lowest BCUT2D eigenvalue weighted by molar-refractivity contribution is -0.168. The van der Waals surface area contributed by atoms with Gasteiger partial charge in [0.15, 0.2) is 0 Å². The molecule has 1 saturated heterocycles. The fraction of sp³-hybridized carbons (Fsp3) is 0.611. The van der Waals surface area contributed by atoms with Gasteiger partial charge in [-0.2, -0.15) is 0 Å². The number of hydrogen-bond acceptors (Lipinski definition) is 4. The Balaban J connectivity index is 1.87. The van der Waals surface area contributed by atoms with Crippen LogP contribution in [0.5, 0.6) is 0 Å². The first-order valence-corrected chi connectivity index (χ1v) is 10.4. The summed E-state index contributed by atoms with van der Waals surface area (Å²) in [7, 11) is 0. The second-order valence-electron chi connectivity index (χ2n) is 6.06. The normalized spacial score (nSPS) is 23.0. The fourth-order valence-corrected chi connectivity index (χ4v) is 3.83. The number of carbonyl (C=O) groups is 1. The average molecular weight is 454 g/mol. The number of unbranched alkanes of at least 4 members (excludes halogenated alkanes) is 3. The van der Waals surface area contributed by atoms with Gasteiger partial charge in [-0.05, 0) is 18.6 Å². The highest BCUT2D eigenvalue weighted by Gasteiger charge is 2.44. The summed E-state index contributed by atoms with van der Waals surface area (Å²) in [5, 5.41) is 1.42. The molecule has 1 heterocycles. The van der Waals surface area contributed by atoms with Crippen LogP contribution >= 0.6 is 39.1 Å². The molecule has 140 valence electrons. The second-order valence-corrected chi connectivity index (χ2v) is 7.46. The largest absolute Gasteiger partial charge is 0.463 e. The van der Waals surface area contributed by atoms with E-state index >= 15 is 0 Å². The molecular formula is C18H23BrCl2O4. The Morgan fingerprint density at radius 2 is 2.16 bits per heavy atom. The summed E-state index contributed by atoms with van der Waals surface area (Å²) < 4.78 is 17.2. The number of halogens is 3. The summed E-state index contributed by atoms with van der Waals surface area (Å²) in [5.74, 6) is -1.19. The standard InChI is InChI=1S/C18H23BrCl2O4/c1-2-3-4-5-6-17(22)23-10-14-11-24-18(12-19,25-14)15-8-7-13(20)9-16(15)21/h7-9,14H,2-6,10-12H2,1H3/t14-,18-/m0/s1. The van der Waals surface area contributed by atoms with Crippen LogP contribution in [0.15, 0.2) is 18.2 Å². The molecule has 0 saturated carbocycles. The number of benzene rings is 1. The van der Waals surface area contributed by atoms with Crippen molar-refractivity contribution in [2.24, 2.45) is 0 Å². The molecule has 1 aliphatic rings. The van der Waals surface area contributed by atoms with Crippen LogP contribution in [-0.4, -0.2) is 30.6 Å². The lowest BCUT2D eigenvalue weighted by atomic mass is 10.1. The zero-order valence-electron chi connectivity index (χ0n) is 14.2. The number of ether oxygens (including phenoxy) is 3. The minimum absolute atomic E-state index is 0.173. The van der Waals surface area contributed by atoms with Crippen LogP contribution in [0.1, 0.15) is 44.6 Å². The van der Waals surface area contributed by atoms with E-state index in [1.807, 2.05) is 0 Å². The first-order chi connectivity index (χ1) is 12.0. The molecule has 2 atom stereocenters. The van der Waals surface area contributed by atoms with E-state index in [4.69, 9.17) is 37.4 Å². The van der Waals surface area contributed by atoms with Crippen LogP contribution < -0.4 is 0 Å². The van der Waals surface area contributed by atoms with Crippen molar-refractivity contribution in [3.63, 3.8) is 0 Å². The highest BCUT2D eigenvalue weighted by atomic mass is 79.9. The molecule has 1 aromatic rings. The molecule has 0 aromatic heterocycles. The van der Waals surface area contributed by atoms with Gasteiger partial charge in [0.1, 0.15) is 12.7 Å². The summed E-state index contributed by atoms with van der Waals surface area (Å²) in [6.45, 7) is 2.64. The molecule has 7 heteroatoms. The van der Waals surface area contributed by atoms with Crippen molar-refractivity contribution in [3.05, 3.63) is 33.8 Å². The van der Waals surface area contributed by atoms with Gasteiger partial charge in [-0.3, -0.25) is 4.79 Å². The summed E-state index contributed by atoms with van der Waals surface area (Å²) in [6, 6.07) is 5.18. The Kier molecular flexibility index (Phi) is 8.49. The summed E-state index contributed by atoms with van der Waals surface area (Å²) >= 11 is 15.7. The third kappa shape index (κ3) is 5.83. The minimum atomic E-state index is -1.00. The van der Waals surface area contributed by atoms with Crippen molar-refractivity contribution >= 4 is 45.1 Å². The molecule has 0 bridgehead atoms. The number of carbonyl (C=O) groups excluding carboxylic acids is 1. The maximum atomic E-state index is 11.8. The molecule has 4 nitrogen and oxygen atoms in total. The number of esters is 1. The Morgan fingerprint density at radius 3 is 2.84 bits per heavy atom. The smallest absolute Gasteiger partial charge is 0.305 e. The van der Waals surface area contributed by atoms with Crippen LogP contribution in [0, 0.1) is 0 Å². The third-order valence-electron chi connectivity index (χ3n) is 4.04. The van der Waals surface area contributed by atoms with Gasteiger partial charge in [0, 0.05) is 17.0 Å². The molecule has 1 aliphatic heterocycles. The highest BCUT2D eigenvalue weighted by molar-refractivity contribution is 9.09. The zero-order chi connectivity index (χ0) is 18.3. The SMILES string of the molecule is CCCCCCC(=O)OC[C@H]1CO[C@](CBr)(c2ccc(Cl)cc2Cl)O1. The molecule has 0 amide bonds.